The van der Waals surface area contributed by atoms with E-state index >= 15 is 0 Å². The molecule has 140 valence electrons. The predicted octanol–water partition coefficient (Wildman–Crippen LogP) is 5.06. The van der Waals surface area contributed by atoms with Crippen molar-refractivity contribution in [2.24, 2.45) is 0 Å². The third kappa shape index (κ3) is 2.87. The van der Waals surface area contributed by atoms with Crippen LogP contribution < -0.4 is 0 Å². The van der Waals surface area contributed by atoms with Crippen LogP contribution in [0.5, 0.6) is 0 Å². The Hall–Kier alpha value is -2.76. The number of carbonyl (C=O) groups excluding carboxylic acids is 1. The number of H-pyrrole nitrogens is 2. The highest BCUT2D eigenvalue weighted by molar-refractivity contribution is 6.35. The first-order chi connectivity index (χ1) is 13.6. The van der Waals surface area contributed by atoms with E-state index in [1.807, 2.05) is 53.4 Å². The highest BCUT2D eigenvalue weighted by Gasteiger charge is 2.27. The maximum atomic E-state index is 13.1. The minimum atomic E-state index is -0.0406. The zero-order chi connectivity index (χ0) is 19.3. The molecular weight excluding hydrogens is 395 g/mol. The highest BCUT2D eigenvalue weighted by atomic mass is 35.5. The van der Waals surface area contributed by atoms with Crippen molar-refractivity contribution >= 4 is 40.0 Å². The number of aromatic amines is 2. The summed E-state index contributed by atoms with van der Waals surface area (Å²) in [5, 5.41) is 9.82. The summed E-state index contributed by atoms with van der Waals surface area (Å²) in [5.74, 6) is -0.0406. The zero-order valence-electron chi connectivity index (χ0n) is 14.8. The molecule has 0 atom stereocenters. The third-order valence-corrected chi connectivity index (χ3v) is 5.74. The van der Waals surface area contributed by atoms with Crippen molar-refractivity contribution in [2.45, 2.75) is 13.0 Å². The second kappa shape index (κ2) is 6.69. The molecular formula is C21H16Cl2N4O. The van der Waals surface area contributed by atoms with Gasteiger partial charge < -0.3 is 9.88 Å². The van der Waals surface area contributed by atoms with Crippen molar-refractivity contribution in [3.63, 3.8) is 0 Å². The lowest BCUT2D eigenvalue weighted by Gasteiger charge is -2.26. The van der Waals surface area contributed by atoms with E-state index in [0.717, 1.165) is 39.8 Å². The summed E-state index contributed by atoms with van der Waals surface area (Å²) in [7, 11) is 0. The average molecular weight is 411 g/mol. The van der Waals surface area contributed by atoms with E-state index < -0.39 is 0 Å². The number of fused-ring (bicyclic) bond motifs is 2. The lowest BCUT2D eigenvalue weighted by molar-refractivity contribution is 0.0729. The van der Waals surface area contributed by atoms with Crippen molar-refractivity contribution in [1.82, 2.24) is 20.1 Å². The van der Waals surface area contributed by atoms with Gasteiger partial charge in [-0.1, -0.05) is 47.5 Å². The number of para-hydroxylation sites is 1. The monoisotopic (exact) mass is 410 g/mol. The molecule has 0 radical (unpaired) electrons. The van der Waals surface area contributed by atoms with Crippen molar-refractivity contribution in [1.29, 1.82) is 0 Å². The van der Waals surface area contributed by atoms with Crippen molar-refractivity contribution in [2.75, 3.05) is 6.54 Å². The van der Waals surface area contributed by atoms with Gasteiger partial charge in [0.1, 0.15) is 5.69 Å². The minimum Gasteiger partial charge on any atom is -0.349 e. The Balaban J connectivity index is 1.46. The Labute approximate surface area is 171 Å². The fraction of sp³-hybridized carbons (Fsp3) is 0.143. The summed E-state index contributed by atoms with van der Waals surface area (Å²) in [4.78, 5) is 18.1. The molecule has 0 saturated carbocycles. The van der Waals surface area contributed by atoms with Crippen LogP contribution >= 0.6 is 23.2 Å². The molecule has 5 nitrogen and oxygen atoms in total. The van der Waals surface area contributed by atoms with E-state index in [-0.39, 0.29) is 5.91 Å². The number of nitrogens with one attached hydrogen (secondary N) is 2. The van der Waals surface area contributed by atoms with Gasteiger partial charge >= 0.3 is 0 Å². The number of nitrogens with zero attached hydrogens (tertiary/aromatic N) is 2. The molecule has 3 heterocycles. The summed E-state index contributed by atoms with van der Waals surface area (Å²) in [6.45, 7) is 1.14. The van der Waals surface area contributed by atoms with Crippen molar-refractivity contribution in [3.8, 4) is 11.3 Å². The molecule has 2 aromatic heterocycles. The maximum Gasteiger partial charge on any atom is 0.270 e. The normalized spacial score (nSPS) is 13.7. The number of halogens is 2. The summed E-state index contributed by atoms with van der Waals surface area (Å²) in [6.07, 6.45) is 0.739. The number of hydrogen-bond donors (Lipinski definition) is 2. The molecule has 0 fully saturated rings. The van der Waals surface area contributed by atoms with Gasteiger partial charge in [0.2, 0.25) is 0 Å². The van der Waals surface area contributed by atoms with Gasteiger partial charge in [0.25, 0.3) is 5.91 Å². The highest BCUT2D eigenvalue weighted by Crippen LogP contribution is 2.30. The van der Waals surface area contributed by atoms with Crippen LogP contribution in [0, 0.1) is 0 Å². The van der Waals surface area contributed by atoms with Crippen molar-refractivity contribution in [3.05, 3.63) is 75.5 Å². The van der Waals surface area contributed by atoms with Crippen LogP contribution in [-0.2, 0) is 13.0 Å². The van der Waals surface area contributed by atoms with Crippen LogP contribution in [0.3, 0.4) is 0 Å². The molecule has 0 spiro atoms. The molecule has 2 aromatic carbocycles. The van der Waals surface area contributed by atoms with Crippen LogP contribution in [0.2, 0.25) is 10.0 Å². The molecule has 4 aromatic rings. The second-order valence-electron chi connectivity index (χ2n) is 6.90. The fourth-order valence-corrected chi connectivity index (χ4v) is 4.07. The topological polar surface area (TPSA) is 64.8 Å². The molecule has 2 N–H and O–H groups in total. The maximum absolute atomic E-state index is 13.1. The summed E-state index contributed by atoms with van der Waals surface area (Å²) < 4.78 is 0. The van der Waals surface area contributed by atoms with Crippen LogP contribution in [0.1, 0.15) is 21.7 Å². The lowest BCUT2D eigenvalue weighted by atomic mass is 10.0. The van der Waals surface area contributed by atoms with Gasteiger partial charge in [0.15, 0.2) is 0 Å². The van der Waals surface area contributed by atoms with E-state index in [1.165, 1.54) is 0 Å². The van der Waals surface area contributed by atoms with Gasteiger partial charge in [-0.15, -0.1) is 0 Å². The Morgan fingerprint density at radius 3 is 2.71 bits per heavy atom. The Bertz CT molecular complexity index is 1190. The molecule has 7 heteroatoms. The molecule has 1 amide bonds. The quantitative estimate of drug-likeness (QED) is 0.484. The van der Waals surface area contributed by atoms with Gasteiger partial charge in [0, 0.05) is 40.2 Å². The fourth-order valence-electron chi connectivity index (χ4n) is 3.72. The number of carbonyl (C=O) groups is 1. The number of rotatable bonds is 2. The van der Waals surface area contributed by atoms with Gasteiger partial charge in [0.05, 0.1) is 22.8 Å². The van der Waals surface area contributed by atoms with E-state index in [2.05, 4.69) is 15.2 Å². The largest absolute Gasteiger partial charge is 0.349 e. The van der Waals surface area contributed by atoms with E-state index in [0.29, 0.717) is 28.8 Å². The van der Waals surface area contributed by atoms with Crippen LogP contribution in [-0.4, -0.2) is 32.5 Å². The summed E-state index contributed by atoms with van der Waals surface area (Å²) in [6, 6.07) is 15.1. The van der Waals surface area contributed by atoms with Gasteiger partial charge in [-0.25, -0.2) is 0 Å². The van der Waals surface area contributed by atoms with E-state index in [9.17, 15) is 4.79 Å². The number of benzene rings is 2. The first-order valence-electron chi connectivity index (χ1n) is 8.99. The average Bonchev–Trinajstić information content (AvgIpc) is 3.33. The standard InChI is InChI=1S/C21H16Cl2N4O/c22-14-6-4-12(5-7-14)19-15-11-27(9-8-17(15)25-26-19)21(28)18-10-13-2-1-3-16(23)20(13)24-18/h1-7,10,24H,8-9,11H2,(H,25,26). The molecule has 0 saturated heterocycles. The third-order valence-electron chi connectivity index (χ3n) is 5.17. The first kappa shape index (κ1) is 17.3. The Kier molecular flexibility index (Phi) is 4.14. The molecule has 1 aliphatic heterocycles. The first-order valence-corrected chi connectivity index (χ1v) is 9.74. The molecule has 5 rings (SSSR count). The van der Waals surface area contributed by atoms with Crippen LogP contribution in [0.4, 0.5) is 0 Å². The summed E-state index contributed by atoms with van der Waals surface area (Å²) >= 11 is 12.2. The van der Waals surface area contributed by atoms with Crippen LogP contribution in [0.25, 0.3) is 22.2 Å². The van der Waals surface area contributed by atoms with Crippen LogP contribution in [0.15, 0.2) is 48.5 Å². The van der Waals surface area contributed by atoms with E-state index in [1.54, 1.807) is 0 Å². The number of aromatic nitrogens is 3. The van der Waals surface area contributed by atoms with E-state index in [4.69, 9.17) is 23.2 Å². The second-order valence-corrected chi connectivity index (χ2v) is 7.74. The van der Waals surface area contributed by atoms with Crippen molar-refractivity contribution < 1.29 is 4.79 Å². The van der Waals surface area contributed by atoms with Gasteiger partial charge in [-0.05, 0) is 24.3 Å². The Morgan fingerprint density at radius 2 is 1.93 bits per heavy atom. The molecule has 0 bridgehead atoms. The molecule has 1 aliphatic rings. The van der Waals surface area contributed by atoms with Gasteiger partial charge in [-0.2, -0.15) is 5.10 Å². The zero-order valence-corrected chi connectivity index (χ0v) is 16.3. The molecule has 28 heavy (non-hydrogen) atoms. The lowest BCUT2D eigenvalue weighted by Crippen LogP contribution is -2.36. The minimum absolute atomic E-state index is 0.0406. The molecule has 0 aliphatic carbocycles. The number of amides is 1. The smallest absolute Gasteiger partial charge is 0.270 e. The SMILES string of the molecule is O=C(c1cc2cccc(Cl)c2[nH]1)N1CCc2[nH]nc(-c3ccc(Cl)cc3)c2C1. The molecule has 0 unspecified atom stereocenters. The van der Waals surface area contributed by atoms with Gasteiger partial charge in [-0.3, -0.25) is 9.89 Å². The number of hydrogen-bond acceptors (Lipinski definition) is 2. The predicted molar refractivity (Wildman–Crippen MR) is 111 cm³/mol. The Morgan fingerprint density at radius 1 is 1.11 bits per heavy atom. The summed E-state index contributed by atoms with van der Waals surface area (Å²) in [5.41, 5.74) is 5.31.